The van der Waals surface area contributed by atoms with Gasteiger partial charge in [-0.2, -0.15) is 0 Å². The number of hydrogen-bond acceptors (Lipinski definition) is 6. The smallest absolute Gasteiger partial charge is 0.243 e. The molecule has 5 atom stereocenters. The Bertz CT molecular complexity index is 1080. The summed E-state index contributed by atoms with van der Waals surface area (Å²) in [5.41, 5.74) is -0.0766. The first-order chi connectivity index (χ1) is 19.6. The van der Waals surface area contributed by atoms with Crippen molar-refractivity contribution in [1.29, 1.82) is 0 Å². The van der Waals surface area contributed by atoms with Crippen LogP contribution in [-0.4, -0.2) is 65.8 Å². The van der Waals surface area contributed by atoms with Crippen molar-refractivity contribution in [1.82, 2.24) is 21.3 Å². The zero-order valence-electron chi connectivity index (χ0n) is 26.4. The largest absolute Gasteiger partial charge is 0.361 e. The molecule has 0 spiro atoms. The highest BCUT2D eigenvalue weighted by molar-refractivity contribution is 5.98. The van der Waals surface area contributed by atoms with Gasteiger partial charge in [0.15, 0.2) is 5.78 Å². The second-order valence-corrected chi connectivity index (χ2v) is 12.9. The van der Waals surface area contributed by atoms with Crippen molar-refractivity contribution in [2.45, 2.75) is 111 Å². The summed E-state index contributed by atoms with van der Waals surface area (Å²) in [6.07, 6.45) is 1.37. The van der Waals surface area contributed by atoms with Gasteiger partial charge in [-0.05, 0) is 49.5 Å². The number of carbonyl (C=O) groups is 5. The molecule has 234 valence electrons. The van der Waals surface area contributed by atoms with E-state index < -0.39 is 47.5 Å². The monoisotopic (exact) mass is 586 g/mol. The number of carbonyl (C=O) groups excluding carboxylic acids is 5. The van der Waals surface area contributed by atoms with Gasteiger partial charge in [0.1, 0.15) is 23.7 Å². The van der Waals surface area contributed by atoms with Gasteiger partial charge in [-0.1, -0.05) is 71.9 Å². The second kappa shape index (κ2) is 15.8. The fraction of sp³-hybridized carbons (Fsp3) is 0.656. The Balaban J connectivity index is 2.29. The molecule has 0 aromatic heterocycles. The number of benzene rings is 1. The minimum atomic E-state index is -0.997. The van der Waals surface area contributed by atoms with Crippen LogP contribution in [0.25, 0.3) is 0 Å². The molecule has 0 bridgehead atoms. The SMILES string of the molecule is CC(=O)N[C@@H](CC(C)C)C(=O)N[C@@H](CC(C)C)C(=O)N[C@@H](Cc1ccccc1)C(=O)N[C@@H](CC(C)C)C(=O)C1(C)CO1. The molecule has 10 heteroatoms. The van der Waals surface area contributed by atoms with Crippen molar-refractivity contribution in [2.75, 3.05) is 6.61 Å². The quantitative estimate of drug-likeness (QED) is 0.207. The van der Waals surface area contributed by atoms with Gasteiger partial charge < -0.3 is 26.0 Å². The molecule has 0 aliphatic carbocycles. The van der Waals surface area contributed by atoms with Gasteiger partial charge >= 0.3 is 0 Å². The summed E-state index contributed by atoms with van der Waals surface area (Å²) < 4.78 is 5.36. The lowest BCUT2D eigenvalue weighted by atomic mass is 9.93. The van der Waals surface area contributed by atoms with Crippen molar-refractivity contribution >= 4 is 29.4 Å². The van der Waals surface area contributed by atoms with Crippen LogP contribution >= 0.6 is 0 Å². The number of rotatable bonds is 17. The number of ketones is 1. The highest BCUT2D eigenvalue weighted by atomic mass is 16.6. The van der Waals surface area contributed by atoms with E-state index in [0.29, 0.717) is 25.9 Å². The molecule has 2 rings (SSSR count). The average Bonchev–Trinajstić information content (AvgIpc) is 3.64. The number of ether oxygens (including phenoxy) is 1. The lowest BCUT2D eigenvalue weighted by Crippen LogP contribution is -2.59. The first-order valence-electron chi connectivity index (χ1n) is 15.0. The van der Waals surface area contributed by atoms with Crippen LogP contribution in [0, 0.1) is 17.8 Å². The summed E-state index contributed by atoms with van der Waals surface area (Å²) in [4.78, 5) is 65.5. The van der Waals surface area contributed by atoms with E-state index in [1.54, 1.807) is 6.92 Å². The maximum Gasteiger partial charge on any atom is 0.243 e. The van der Waals surface area contributed by atoms with E-state index in [1.165, 1.54) is 6.92 Å². The lowest BCUT2D eigenvalue weighted by Gasteiger charge is -2.28. The molecule has 1 heterocycles. The van der Waals surface area contributed by atoms with E-state index in [4.69, 9.17) is 4.74 Å². The standard InChI is InChI=1S/C32H50N4O6/c1-19(2)14-24(28(38)32(8)18-42-32)34-31(41)27(17-23-12-10-9-11-13-23)36-30(40)26(16-21(5)6)35-29(39)25(15-20(3)4)33-22(7)37/h9-13,19-21,24-27H,14-18H2,1-8H3,(H,33,37)(H,34,41)(H,35,39)(H,36,40)/t24-,25-,26-,27-,32?/m0/s1. The molecule has 1 saturated heterocycles. The molecule has 1 aromatic carbocycles. The molecule has 1 unspecified atom stereocenters. The zero-order chi connectivity index (χ0) is 31.6. The van der Waals surface area contributed by atoms with E-state index in [1.807, 2.05) is 71.9 Å². The van der Waals surface area contributed by atoms with E-state index in [0.717, 1.165) is 5.56 Å². The van der Waals surface area contributed by atoms with Crippen molar-refractivity contribution in [2.24, 2.45) is 17.8 Å². The van der Waals surface area contributed by atoms with Gasteiger partial charge in [-0.25, -0.2) is 0 Å². The summed E-state index contributed by atoms with van der Waals surface area (Å²) in [5, 5.41) is 11.2. The Morgan fingerprint density at radius 1 is 0.690 bits per heavy atom. The molecule has 1 aliphatic heterocycles. The van der Waals surface area contributed by atoms with Crippen LogP contribution in [0.15, 0.2) is 30.3 Å². The molecule has 10 nitrogen and oxygen atoms in total. The number of Topliss-reactive ketones (excluding diaryl/α,β-unsaturated/α-hetero) is 1. The Hall–Kier alpha value is -3.27. The summed E-state index contributed by atoms with van der Waals surface area (Å²) >= 11 is 0. The Labute approximate surface area is 250 Å². The first kappa shape index (κ1) is 34.9. The van der Waals surface area contributed by atoms with Gasteiger partial charge in [0.05, 0.1) is 12.6 Å². The molecule has 1 fully saturated rings. The van der Waals surface area contributed by atoms with Crippen molar-refractivity contribution in [3.8, 4) is 0 Å². The van der Waals surface area contributed by atoms with E-state index in [9.17, 15) is 24.0 Å². The molecule has 0 saturated carbocycles. The van der Waals surface area contributed by atoms with E-state index in [2.05, 4.69) is 21.3 Å². The van der Waals surface area contributed by atoms with Gasteiger partial charge in [-0.15, -0.1) is 0 Å². The summed E-state index contributed by atoms with van der Waals surface area (Å²) in [6.45, 7) is 15.1. The van der Waals surface area contributed by atoms with Crippen LogP contribution in [0.1, 0.15) is 80.2 Å². The van der Waals surface area contributed by atoms with Gasteiger partial charge in [0, 0.05) is 13.3 Å². The summed E-state index contributed by atoms with van der Waals surface area (Å²) in [5.74, 6) is -1.65. The molecular formula is C32H50N4O6. The van der Waals surface area contributed by atoms with E-state index in [-0.39, 0.29) is 35.9 Å². The molecule has 0 radical (unpaired) electrons. The topological polar surface area (TPSA) is 146 Å². The average molecular weight is 587 g/mol. The predicted molar refractivity (Wildman–Crippen MR) is 161 cm³/mol. The third-order valence-corrected chi connectivity index (χ3v) is 7.10. The summed E-state index contributed by atoms with van der Waals surface area (Å²) in [7, 11) is 0. The first-order valence-corrected chi connectivity index (χ1v) is 15.0. The summed E-state index contributed by atoms with van der Waals surface area (Å²) in [6, 6.07) is 5.80. The maximum absolute atomic E-state index is 13.7. The fourth-order valence-corrected chi connectivity index (χ4v) is 4.85. The van der Waals surface area contributed by atoms with Crippen LogP contribution in [0.2, 0.25) is 0 Å². The van der Waals surface area contributed by atoms with Gasteiger partial charge in [0.25, 0.3) is 0 Å². The predicted octanol–water partition coefficient (Wildman–Crippen LogP) is 2.68. The molecule has 4 amide bonds. The third-order valence-electron chi connectivity index (χ3n) is 7.10. The normalized spacial score (nSPS) is 19.0. The van der Waals surface area contributed by atoms with Crippen molar-refractivity contribution in [3.63, 3.8) is 0 Å². The number of nitrogens with one attached hydrogen (secondary N) is 4. The highest BCUT2D eigenvalue weighted by Crippen LogP contribution is 2.29. The van der Waals surface area contributed by atoms with Crippen LogP contribution in [0.4, 0.5) is 0 Å². The van der Waals surface area contributed by atoms with Gasteiger partial charge in [0.2, 0.25) is 23.6 Å². The molecular weight excluding hydrogens is 536 g/mol. The van der Waals surface area contributed by atoms with Crippen molar-refractivity contribution < 1.29 is 28.7 Å². The molecule has 42 heavy (non-hydrogen) atoms. The lowest BCUT2D eigenvalue weighted by molar-refractivity contribution is -0.135. The van der Waals surface area contributed by atoms with Crippen LogP contribution in [0.3, 0.4) is 0 Å². The second-order valence-electron chi connectivity index (χ2n) is 12.9. The third kappa shape index (κ3) is 11.5. The fourth-order valence-electron chi connectivity index (χ4n) is 4.85. The molecule has 1 aliphatic rings. The number of amides is 4. The maximum atomic E-state index is 13.7. The Morgan fingerprint density at radius 3 is 1.55 bits per heavy atom. The van der Waals surface area contributed by atoms with Crippen LogP contribution in [-0.2, 0) is 35.1 Å². The number of epoxide rings is 1. The van der Waals surface area contributed by atoms with E-state index >= 15 is 0 Å². The molecule has 4 N–H and O–H groups in total. The van der Waals surface area contributed by atoms with Crippen molar-refractivity contribution in [3.05, 3.63) is 35.9 Å². The van der Waals surface area contributed by atoms with Crippen LogP contribution in [0.5, 0.6) is 0 Å². The zero-order valence-corrected chi connectivity index (χ0v) is 26.4. The Morgan fingerprint density at radius 2 is 1.10 bits per heavy atom. The number of hydrogen-bond donors (Lipinski definition) is 4. The van der Waals surface area contributed by atoms with Crippen LogP contribution < -0.4 is 21.3 Å². The van der Waals surface area contributed by atoms with Gasteiger partial charge in [-0.3, -0.25) is 24.0 Å². The highest BCUT2D eigenvalue weighted by Gasteiger charge is 2.50. The Kier molecular flexibility index (Phi) is 13.2. The molecule has 1 aromatic rings. The minimum absolute atomic E-state index is 0.0547. The minimum Gasteiger partial charge on any atom is -0.361 e.